The molecule has 0 spiro atoms. The topological polar surface area (TPSA) is 24.9 Å². The van der Waals surface area contributed by atoms with Crippen molar-refractivity contribution in [2.45, 2.75) is 46.0 Å². The quantitative estimate of drug-likeness (QED) is 0.608. The summed E-state index contributed by atoms with van der Waals surface area (Å²) in [6.45, 7) is 19.3. The Balaban J connectivity index is 2.17. The Bertz CT molecular complexity index is 248. The highest BCUT2D eigenvalue weighted by atomic mass is 28.3. The lowest BCUT2D eigenvalue weighted by Gasteiger charge is -2.41. The van der Waals surface area contributed by atoms with Crippen molar-refractivity contribution in [2.75, 3.05) is 45.9 Å². The zero-order valence-corrected chi connectivity index (χ0v) is 16.3. The van der Waals surface area contributed by atoms with E-state index in [-0.39, 0.29) is 0 Å². The zero-order chi connectivity index (χ0) is 15.0. The highest BCUT2D eigenvalue weighted by Crippen LogP contribution is 2.13. The fourth-order valence-corrected chi connectivity index (χ4v) is 5.94. The third-order valence-electron chi connectivity index (χ3n) is 3.94. The van der Waals surface area contributed by atoms with E-state index in [0.29, 0.717) is 0 Å². The number of hydrogen-bond donors (Lipinski definition) is 0. The fourth-order valence-electron chi connectivity index (χ4n) is 2.71. The van der Waals surface area contributed by atoms with E-state index in [4.69, 9.17) is 8.85 Å². The van der Waals surface area contributed by atoms with Crippen LogP contribution in [0.15, 0.2) is 0 Å². The van der Waals surface area contributed by atoms with Crippen molar-refractivity contribution >= 4 is 17.5 Å². The van der Waals surface area contributed by atoms with Gasteiger partial charge in [-0.1, -0.05) is 19.6 Å². The number of rotatable bonds is 9. The van der Waals surface area contributed by atoms with Gasteiger partial charge in [-0.2, -0.15) is 0 Å². The van der Waals surface area contributed by atoms with E-state index in [1.54, 1.807) is 0 Å². The van der Waals surface area contributed by atoms with Gasteiger partial charge in [-0.05, 0) is 32.9 Å². The lowest BCUT2D eigenvalue weighted by atomic mass is 10.3. The van der Waals surface area contributed by atoms with Gasteiger partial charge >= 0.3 is 9.28 Å². The van der Waals surface area contributed by atoms with Crippen LogP contribution in [0.2, 0.25) is 25.7 Å². The second kappa shape index (κ2) is 9.32. The third kappa shape index (κ3) is 6.82. The molecule has 1 saturated heterocycles. The summed E-state index contributed by atoms with van der Waals surface area (Å²) in [7, 11) is -2.46. The minimum Gasteiger partial charge on any atom is -0.397 e. The summed E-state index contributed by atoms with van der Waals surface area (Å²) >= 11 is 0. The monoisotopic (exact) mass is 318 g/mol. The summed E-state index contributed by atoms with van der Waals surface area (Å²) in [5.41, 5.74) is 0. The fraction of sp³-hybridized carbons (Fsp3) is 1.00. The first-order valence-corrected chi connectivity index (χ1v) is 13.4. The number of nitrogens with zero attached hydrogens (tertiary/aromatic N) is 2. The van der Waals surface area contributed by atoms with Gasteiger partial charge in [-0.25, -0.2) is 0 Å². The van der Waals surface area contributed by atoms with Crippen LogP contribution in [0, 0.1) is 0 Å². The van der Waals surface area contributed by atoms with Crippen molar-refractivity contribution in [1.29, 1.82) is 0 Å². The minimum absolute atomic E-state index is 0.797. The Hall–Kier alpha value is 0.274. The Morgan fingerprint density at radius 3 is 1.95 bits per heavy atom. The van der Waals surface area contributed by atoms with Crippen LogP contribution < -0.4 is 0 Å². The summed E-state index contributed by atoms with van der Waals surface area (Å²) in [6.07, 6.45) is 1.23. The van der Waals surface area contributed by atoms with Gasteiger partial charge in [0.1, 0.15) is 8.24 Å². The number of piperazine rings is 1. The van der Waals surface area contributed by atoms with E-state index in [1.807, 2.05) is 0 Å². The molecule has 0 radical (unpaired) electrons. The highest BCUT2D eigenvalue weighted by Gasteiger charge is 2.27. The zero-order valence-electron chi connectivity index (χ0n) is 14.2. The van der Waals surface area contributed by atoms with Crippen molar-refractivity contribution in [3.05, 3.63) is 0 Å². The summed E-state index contributed by atoms with van der Waals surface area (Å²) < 4.78 is 14.2. The van der Waals surface area contributed by atoms with Gasteiger partial charge < -0.3 is 18.3 Å². The van der Waals surface area contributed by atoms with Crippen LogP contribution in [0.5, 0.6) is 0 Å². The Kier molecular flexibility index (Phi) is 8.54. The summed E-state index contributed by atoms with van der Waals surface area (Å²) in [5.74, 6) is 0. The van der Waals surface area contributed by atoms with Gasteiger partial charge in [-0.15, -0.1) is 0 Å². The normalized spacial score (nSPS) is 18.9. The molecule has 0 aliphatic carbocycles. The molecular formula is C14H34N2O2Si2. The second-order valence-electron chi connectivity index (χ2n) is 6.48. The SMILES string of the molecule is CCO[SiH](CCCN1CCN([Si](C)(C)C)CC1)OCC. The molecule has 1 aliphatic heterocycles. The van der Waals surface area contributed by atoms with E-state index >= 15 is 0 Å². The first-order valence-electron chi connectivity index (χ1n) is 8.18. The van der Waals surface area contributed by atoms with Crippen LogP contribution in [0.4, 0.5) is 0 Å². The van der Waals surface area contributed by atoms with E-state index in [2.05, 4.69) is 43.0 Å². The Morgan fingerprint density at radius 1 is 0.950 bits per heavy atom. The lowest BCUT2D eigenvalue weighted by Crippen LogP contribution is -2.56. The molecule has 0 N–H and O–H groups in total. The molecule has 6 heteroatoms. The highest BCUT2D eigenvalue weighted by molar-refractivity contribution is 6.73. The van der Waals surface area contributed by atoms with E-state index in [9.17, 15) is 0 Å². The van der Waals surface area contributed by atoms with Gasteiger partial charge in [-0.3, -0.25) is 0 Å². The van der Waals surface area contributed by atoms with E-state index in [0.717, 1.165) is 19.3 Å². The molecule has 0 atom stereocenters. The van der Waals surface area contributed by atoms with Crippen LogP contribution in [-0.4, -0.2) is 72.9 Å². The van der Waals surface area contributed by atoms with Gasteiger partial charge in [0.25, 0.3) is 0 Å². The van der Waals surface area contributed by atoms with Crippen molar-refractivity contribution in [1.82, 2.24) is 9.47 Å². The first kappa shape index (κ1) is 18.3. The molecular weight excluding hydrogens is 284 g/mol. The second-order valence-corrected chi connectivity index (χ2v) is 13.6. The molecule has 0 saturated carbocycles. The Morgan fingerprint density at radius 2 is 1.50 bits per heavy atom. The maximum Gasteiger partial charge on any atom is 0.321 e. The smallest absolute Gasteiger partial charge is 0.321 e. The Labute approximate surface area is 128 Å². The first-order chi connectivity index (χ1) is 9.47. The molecule has 0 bridgehead atoms. The summed E-state index contributed by atoms with van der Waals surface area (Å²) in [5, 5.41) is 0. The van der Waals surface area contributed by atoms with Gasteiger partial charge in [0, 0.05) is 39.4 Å². The molecule has 0 amide bonds. The molecule has 120 valence electrons. The molecule has 0 aromatic rings. The van der Waals surface area contributed by atoms with Gasteiger partial charge in [0.05, 0.1) is 0 Å². The molecule has 0 aromatic heterocycles. The molecule has 0 aromatic carbocycles. The lowest BCUT2D eigenvalue weighted by molar-refractivity contribution is 0.179. The van der Waals surface area contributed by atoms with E-state index in [1.165, 1.54) is 39.1 Å². The minimum atomic E-state index is -1.38. The maximum absolute atomic E-state index is 5.73. The van der Waals surface area contributed by atoms with Crippen LogP contribution in [0.25, 0.3) is 0 Å². The molecule has 1 fully saturated rings. The molecule has 1 rings (SSSR count). The van der Waals surface area contributed by atoms with Gasteiger partial charge in [0.15, 0.2) is 0 Å². The predicted octanol–water partition coefficient (Wildman–Crippen LogP) is 2.12. The molecule has 1 heterocycles. The van der Waals surface area contributed by atoms with Crippen molar-refractivity contribution in [3.8, 4) is 0 Å². The molecule has 0 unspecified atom stereocenters. The van der Waals surface area contributed by atoms with Crippen molar-refractivity contribution in [2.24, 2.45) is 0 Å². The average molecular weight is 319 g/mol. The van der Waals surface area contributed by atoms with Gasteiger partial charge in [0.2, 0.25) is 0 Å². The van der Waals surface area contributed by atoms with Crippen LogP contribution in [0.1, 0.15) is 20.3 Å². The number of hydrogen-bond acceptors (Lipinski definition) is 4. The van der Waals surface area contributed by atoms with Crippen LogP contribution in [0.3, 0.4) is 0 Å². The van der Waals surface area contributed by atoms with E-state index < -0.39 is 17.5 Å². The predicted molar refractivity (Wildman–Crippen MR) is 91.2 cm³/mol. The third-order valence-corrected chi connectivity index (χ3v) is 8.57. The molecule has 20 heavy (non-hydrogen) atoms. The maximum atomic E-state index is 5.73. The standard InChI is InChI=1S/C14H34N2O2Si2/c1-6-17-19(18-7-2)14-8-9-15-10-12-16(13-11-15)20(3,4)5/h19H,6-14H2,1-5H3. The molecule has 4 nitrogen and oxygen atoms in total. The summed E-state index contributed by atoms with van der Waals surface area (Å²) in [6, 6.07) is 1.15. The summed E-state index contributed by atoms with van der Waals surface area (Å²) in [4.78, 5) is 2.61. The van der Waals surface area contributed by atoms with Crippen molar-refractivity contribution < 1.29 is 8.85 Å². The average Bonchev–Trinajstić information content (AvgIpc) is 2.39. The largest absolute Gasteiger partial charge is 0.397 e. The molecule has 1 aliphatic rings. The van der Waals surface area contributed by atoms with Crippen molar-refractivity contribution in [3.63, 3.8) is 0 Å². The van der Waals surface area contributed by atoms with Crippen LogP contribution in [-0.2, 0) is 8.85 Å². The van der Waals surface area contributed by atoms with Crippen LogP contribution >= 0.6 is 0 Å².